The Balaban J connectivity index is 1.37. The van der Waals surface area contributed by atoms with Gasteiger partial charge in [0.25, 0.3) is 5.91 Å². The Labute approximate surface area is 282 Å². The molecule has 0 bridgehead atoms. The van der Waals surface area contributed by atoms with Gasteiger partial charge in [0.2, 0.25) is 10.0 Å². The number of sulfonamides is 1. The van der Waals surface area contributed by atoms with Crippen LogP contribution in [0.5, 0.6) is 5.75 Å². The summed E-state index contributed by atoms with van der Waals surface area (Å²) in [6.45, 7) is 1.51. The van der Waals surface area contributed by atoms with E-state index in [9.17, 15) is 17.6 Å². The minimum Gasteiger partial charge on any atom is -0.478 e. The third kappa shape index (κ3) is 5.13. The highest BCUT2D eigenvalue weighted by Crippen LogP contribution is 2.49. The van der Waals surface area contributed by atoms with Gasteiger partial charge in [-0.2, -0.15) is 0 Å². The Morgan fingerprint density at radius 1 is 1.04 bits per heavy atom. The number of thiophene rings is 1. The lowest BCUT2D eigenvalue weighted by Crippen LogP contribution is -2.18. The molecule has 0 saturated heterocycles. The third-order valence-corrected chi connectivity index (χ3v) is 10.7. The van der Waals surface area contributed by atoms with E-state index in [1.165, 1.54) is 61.7 Å². The van der Waals surface area contributed by atoms with Crippen molar-refractivity contribution < 1.29 is 31.1 Å². The SMILES string of the molecule is CCS(=O)(=O)Nc1cc2oc(-c3ccc(F)cc3)c(C(=O)NC)c2cc1-c1ccc2c(n1)-c1[nH]c3cccc(F)c3c1C(c1cccs1)O2. The zero-order valence-electron chi connectivity index (χ0n) is 25.9. The number of pyridine rings is 1. The van der Waals surface area contributed by atoms with Crippen LogP contribution in [-0.4, -0.2) is 37.1 Å². The summed E-state index contributed by atoms with van der Waals surface area (Å²) in [6.07, 6.45) is -0.588. The summed E-state index contributed by atoms with van der Waals surface area (Å²) >= 11 is 1.50. The van der Waals surface area contributed by atoms with Crippen molar-refractivity contribution in [1.82, 2.24) is 15.3 Å². The fourth-order valence-corrected chi connectivity index (χ4v) is 7.62. The second-order valence-electron chi connectivity index (χ2n) is 11.4. The Morgan fingerprint density at radius 2 is 1.86 bits per heavy atom. The quantitative estimate of drug-likeness (QED) is 0.154. The monoisotopic (exact) mass is 696 g/mol. The van der Waals surface area contributed by atoms with Crippen LogP contribution in [0.1, 0.15) is 33.8 Å². The average molecular weight is 697 g/mol. The molecule has 246 valence electrons. The van der Waals surface area contributed by atoms with Gasteiger partial charge < -0.3 is 19.5 Å². The number of carbonyl (C=O) groups is 1. The number of nitrogens with one attached hydrogen (secondary N) is 3. The number of aromatic amines is 1. The van der Waals surface area contributed by atoms with Crippen molar-refractivity contribution in [3.05, 3.63) is 112 Å². The van der Waals surface area contributed by atoms with E-state index in [0.29, 0.717) is 55.8 Å². The number of benzene rings is 3. The lowest BCUT2D eigenvalue weighted by molar-refractivity contribution is 0.0964. The van der Waals surface area contributed by atoms with Gasteiger partial charge in [-0.1, -0.05) is 12.1 Å². The van der Waals surface area contributed by atoms with Gasteiger partial charge in [-0.15, -0.1) is 11.3 Å². The number of hydrogen-bond acceptors (Lipinski definition) is 7. The number of fused-ring (bicyclic) bond motifs is 6. The summed E-state index contributed by atoms with van der Waals surface area (Å²) in [4.78, 5) is 22.5. The van der Waals surface area contributed by atoms with Crippen LogP contribution in [-0.2, 0) is 10.0 Å². The van der Waals surface area contributed by atoms with E-state index in [2.05, 4.69) is 15.0 Å². The molecule has 4 aromatic heterocycles. The molecule has 13 heteroatoms. The van der Waals surface area contributed by atoms with Gasteiger partial charge in [0, 0.05) is 51.0 Å². The Bertz CT molecular complexity index is 2540. The lowest BCUT2D eigenvalue weighted by atomic mass is 9.97. The van der Waals surface area contributed by atoms with Gasteiger partial charge in [0.05, 0.1) is 28.4 Å². The molecule has 0 saturated carbocycles. The van der Waals surface area contributed by atoms with Crippen LogP contribution in [0.15, 0.2) is 88.7 Å². The van der Waals surface area contributed by atoms with Gasteiger partial charge in [-0.05, 0) is 73.0 Å². The van der Waals surface area contributed by atoms with Crippen molar-refractivity contribution in [2.24, 2.45) is 0 Å². The minimum absolute atomic E-state index is 0.167. The average Bonchev–Trinajstić information content (AvgIpc) is 3.86. The number of nitrogens with zero attached hydrogens (tertiary/aromatic N) is 1. The van der Waals surface area contributed by atoms with E-state index >= 15 is 4.39 Å². The number of ether oxygens (including phenoxy) is 1. The van der Waals surface area contributed by atoms with Crippen molar-refractivity contribution >= 4 is 54.8 Å². The molecule has 1 amide bonds. The predicted octanol–water partition coefficient (Wildman–Crippen LogP) is 8.25. The van der Waals surface area contributed by atoms with Crippen LogP contribution in [0, 0.1) is 11.6 Å². The molecule has 1 aliphatic heterocycles. The second kappa shape index (κ2) is 11.6. The molecule has 1 unspecified atom stereocenters. The summed E-state index contributed by atoms with van der Waals surface area (Å²) < 4.78 is 70.3. The molecule has 9 nitrogen and oxygen atoms in total. The van der Waals surface area contributed by atoms with Gasteiger partial charge in [-0.3, -0.25) is 9.52 Å². The fraction of sp³-hybridized carbons (Fsp3) is 0.111. The first kappa shape index (κ1) is 30.8. The first-order valence-corrected chi connectivity index (χ1v) is 17.8. The zero-order valence-corrected chi connectivity index (χ0v) is 27.6. The maximum atomic E-state index is 15.4. The van der Waals surface area contributed by atoms with Crippen molar-refractivity contribution in [2.45, 2.75) is 13.0 Å². The molecule has 0 radical (unpaired) electrons. The molecule has 3 aromatic carbocycles. The Hall–Kier alpha value is -5.53. The first-order chi connectivity index (χ1) is 23.7. The van der Waals surface area contributed by atoms with Crippen LogP contribution in [0.25, 0.3) is 55.8 Å². The molecule has 1 aliphatic rings. The van der Waals surface area contributed by atoms with E-state index in [1.807, 2.05) is 17.5 Å². The number of amides is 1. The number of rotatable bonds is 7. The summed E-state index contributed by atoms with van der Waals surface area (Å²) in [6, 6.07) is 20.7. The predicted molar refractivity (Wildman–Crippen MR) is 185 cm³/mol. The van der Waals surface area contributed by atoms with Gasteiger partial charge in [-0.25, -0.2) is 22.2 Å². The highest BCUT2D eigenvalue weighted by molar-refractivity contribution is 7.92. The van der Waals surface area contributed by atoms with Crippen LogP contribution in [0.4, 0.5) is 14.5 Å². The standard InChI is InChI=1S/C36H26F2N4O5S2/c1-3-49(44,45)42-25-17-27-21(29(36(43)39-2)34(47-27)18-9-11-19(37)12-10-18)16-20(25)23-13-14-26-32(40-23)33-31(35(46-26)28-8-5-15-48-28)30-22(38)6-4-7-24(30)41-33/h4-17,35,41-42H,3H2,1-2H3,(H,39,43). The number of H-pyrrole nitrogens is 1. The summed E-state index contributed by atoms with van der Waals surface area (Å²) in [5, 5.41) is 5.35. The van der Waals surface area contributed by atoms with Crippen molar-refractivity contribution in [3.8, 4) is 39.7 Å². The van der Waals surface area contributed by atoms with Crippen LogP contribution < -0.4 is 14.8 Å². The number of hydrogen-bond donors (Lipinski definition) is 3. The number of halogens is 2. The smallest absolute Gasteiger partial charge is 0.255 e. The van der Waals surface area contributed by atoms with Crippen molar-refractivity contribution in [2.75, 3.05) is 17.5 Å². The molecular weight excluding hydrogens is 671 g/mol. The fourth-order valence-electron chi connectivity index (χ4n) is 6.21. The van der Waals surface area contributed by atoms with Crippen molar-refractivity contribution in [1.29, 1.82) is 0 Å². The Morgan fingerprint density at radius 3 is 2.59 bits per heavy atom. The lowest BCUT2D eigenvalue weighted by Gasteiger charge is -2.26. The molecule has 8 rings (SSSR count). The highest BCUT2D eigenvalue weighted by atomic mass is 32.2. The first-order valence-electron chi connectivity index (χ1n) is 15.3. The normalized spacial score (nSPS) is 14.0. The number of aromatic nitrogens is 2. The van der Waals surface area contributed by atoms with Gasteiger partial charge >= 0.3 is 0 Å². The topological polar surface area (TPSA) is 126 Å². The Kier molecular flexibility index (Phi) is 7.26. The molecule has 3 N–H and O–H groups in total. The van der Waals surface area contributed by atoms with Crippen molar-refractivity contribution in [3.63, 3.8) is 0 Å². The van der Waals surface area contributed by atoms with E-state index in [4.69, 9.17) is 14.1 Å². The molecule has 49 heavy (non-hydrogen) atoms. The number of anilines is 1. The minimum atomic E-state index is -3.79. The van der Waals surface area contributed by atoms with E-state index in [0.717, 1.165) is 4.88 Å². The maximum Gasteiger partial charge on any atom is 0.255 e. The second-order valence-corrected chi connectivity index (χ2v) is 14.4. The van der Waals surface area contributed by atoms with E-state index < -0.39 is 33.7 Å². The molecule has 0 fully saturated rings. The zero-order chi connectivity index (χ0) is 34.0. The van der Waals surface area contributed by atoms with Crippen LogP contribution in [0.3, 0.4) is 0 Å². The van der Waals surface area contributed by atoms with E-state index in [1.54, 1.807) is 30.3 Å². The van der Waals surface area contributed by atoms with E-state index in [-0.39, 0.29) is 28.3 Å². The van der Waals surface area contributed by atoms with Crippen LogP contribution in [0.2, 0.25) is 0 Å². The highest BCUT2D eigenvalue weighted by Gasteiger charge is 2.34. The molecule has 1 atom stereocenters. The molecule has 0 aliphatic carbocycles. The molecule has 5 heterocycles. The summed E-state index contributed by atoms with van der Waals surface area (Å²) in [7, 11) is -2.30. The van der Waals surface area contributed by atoms with Crippen LogP contribution >= 0.6 is 11.3 Å². The molecule has 0 spiro atoms. The number of furan rings is 1. The third-order valence-electron chi connectivity index (χ3n) is 8.53. The molecule has 7 aromatic rings. The van der Waals surface area contributed by atoms with Gasteiger partial charge in [0.1, 0.15) is 34.4 Å². The maximum absolute atomic E-state index is 15.4. The largest absolute Gasteiger partial charge is 0.478 e. The van der Waals surface area contributed by atoms with Gasteiger partial charge in [0.15, 0.2) is 6.10 Å². The summed E-state index contributed by atoms with van der Waals surface area (Å²) in [5.41, 5.74) is 3.91. The molecular formula is C36H26F2N4O5S2. The summed E-state index contributed by atoms with van der Waals surface area (Å²) in [5.74, 6) is -0.877. The number of carbonyl (C=O) groups excluding carboxylic acids is 1.